The monoisotopic (exact) mass is 392 g/mol. The lowest BCUT2D eigenvalue weighted by molar-refractivity contribution is -0.130. The molecule has 148 valence electrons. The number of hydrogen-bond donors (Lipinski definition) is 1. The van der Waals surface area contributed by atoms with Gasteiger partial charge in [-0.1, -0.05) is 84.9 Å². The van der Waals surface area contributed by atoms with Crippen molar-refractivity contribution in [2.75, 3.05) is 0 Å². The molecule has 0 radical (unpaired) electrons. The molecule has 5 rings (SSSR count). The molecule has 0 aromatic heterocycles. The summed E-state index contributed by atoms with van der Waals surface area (Å²) in [5.74, 6) is -0.0809. The number of nitrogens with zero attached hydrogens (tertiary/aromatic N) is 1. The summed E-state index contributed by atoms with van der Waals surface area (Å²) in [6.07, 6.45) is 5.14. The molecule has 30 heavy (non-hydrogen) atoms. The van der Waals surface area contributed by atoms with Crippen molar-refractivity contribution in [3.05, 3.63) is 96.1 Å². The van der Waals surface area contributed by atoms with Gasteiger partial charge in [-0.2, -0.15) is 5.26 Å². The second-order valence-corrected chi connectivity index (χ2v) is 8.52. The van der Waals surface area contributed by atoms with Crippen molar-refractivity contribution in [1.29, 1.82) is 5.26 Å². The van der Waals surface area contributed by atoms with Gasteiger partial charge in [0.25, 0.3) is 0 Å². The number of benzene rings is 3. The van der Waals surface area contributed by atoms with Gasteiger partial charge in [-0.25, -0.2) is 0 Å². The molecule has 1 saturated carbocycles. The Balaban J connectivity index is 1.51. The summed E-state index contributed by atoms with van der Waals surface area (Å²) in [6, 6.07) is 26.7. The van der Waals surface area contributed by atoms with Crippen LogP contribution in [-0.4, -0.2) is 5.91 Å². The highest BCUT2D eigenvalue weighted by Gasteiger charge is 2.61. The number of hydrogen-bond acceptors (Lipinski definition) is 2. The molecular weight excluding hydrogens is 368 g/mol. The average molecular weight is 393 g/mol. The summed E-state index contributed by atoms with van der Waals surface area (Å²) in [7, 11) is 0. The zero-order valence-corrected chi connectivity index (χ0v) is 17.0. The Kier molecular flexibility index (Phi) is 4.44. The van der Waals surface area contributed by atoms with Crippen LogP contribution in [0.5, 0.6) is 0 Å². The summed E-state index contributed by atoms with van der Waals surface area (Å²) in [5, 5.41) is 15.8. The predicted octanol–water partition coefficient (Wildman–Crippen LogP) is 5.52. The van der Waals surface area contributed by atoms with Gasteiger partial charge in [0, 0.05) is 11.8 Å². The first-order valence-electron chi connectivity index (χ1n) is 10.6. The van der Waals surface area contributed by atoms with Crippen molar-refractivity contribution in [1.82, 2.24) is 5.32 Å². The molecule has 2 bridgehead atoms. The lowest BCUT2D eigenvalue weighted by Gasteiger charge is -2.36. The smallest absolute Gasteiger partial charge is 0.242 e. The van der Waals surface area contributed by atoms with Gasteiger partial charge in [-0.05, 0) is 41.2 Å². The minimum Gasteiger partial charge on any atom is -0.348 e. The van der Waals surface area contributed by atoms with Gasteiger partial charge in [0.1, 0.15) is 5.41 Å². The number of rotatable bonds is 4. The number of fused-ring (bicyclic) bond motifs is 3. The van der Waals surface area contributed by atoms with E-state index >= 15 is 0 Å². The molecule has 0 heterocycles. The van der Waals surface area contributed by atoms with E-state index in [4.69, 9.17) is 0 Å². The van der Waals surface area contributed by atoms with Crippen LogP contribution in [0.25, 0.3) is 10.8 Å². The van der Waals surface area contributed by atoms with Gasteiger partial charge in [0.2, 0.25) is 5.91 Å². The molecule has 0 spiro atoms. The highest BCUT2D eigenvalue weighted by Crippen LogP contribution is 2.60. The molecule has 1 fully saturated rings. The Morgan fingerprint density at radius 3 is 2.57 bits per heavy atom. The van der Waals surface area contributed by atoms with Gasteiger partial charge in [-0.15, -0.1) is 0 Å². The van der Waals surface area contributed by atoms with E-state index in [2.05, 4.69) is 47.8 Å². The highest BCUT2D eigenvalue weighted by atomic mass is 16.2. The molecule has 5 atom stereocenters. The van der Waals surface area contributed by atoms with Gasteiger partial charge in [-0.3, -0.25) is 4.79 Å². The summed E-state index contributed by atoms with van der Waals surface area (Å²) < 4.78 is 0. The van der Waals surface area contributed by atoms with Crippen LogP contribution in [0, 0.1) is 28.6 Å². The molecule has 0 aliphatic heterocycles. The van der Waals surface area contributed by atoms with Crippen molar-refractivity contribution < 1.29 is 4.79 Å². The Bertz CT molecular complexity index is 1170. The van der Waals surface area contributed by atoms with Crippen LogP contribution in [0.4, 0.5) is 0 Å². The fourth-order valence-electron chi connectivity index (χ4n) is 5.59. The van der Waals surface area contributed by atoms with Gasteiger partial charge >= 0.3 is 0 Å². The van der Waals surface area contributed by atoms with Crippen molar-refractivity contribution in [3.63, 3.8) is 0 Å². The Morgan fingerprint density at radius 2 is 1.77 bits per heavy atom. The molecule has 0 unspecified atom stereocenters. The number of nitrogens with one attached hydrogen (secondary N) is 1. The van der Waals surface area contributed by atoms with Crippen molar-refractivity contribution in [2.45, 2.75) is 25.3 Å². The lowest BCUT2D eigenvalue weighted by Crippen LogP contribution is -2.47. The molecule has 2 aliphatic carbocycles. The maximum Gasteiger partial charge on any atom is 0.242 e. The average Bonchev–Trinajstić information content (AvgIpc) is 3.39. The summed E-state index contributed by atoms with van der Waals surface area (Å²) in [5.41, 5.74) is 1.08. The molecule has 3 aromatic rings. The van der Waals surface area contributed by atoms with E-state index in [0.29, 0.717) is 0 Å². The van der Waals surface area contributed by atoms with Crippen LogP contribution < -0.4 is 5.32 Å². The second kappa shape index (κ2) is 7.15. The maximum atomic E-state index is 13.7. The molecular formula is C27H24N2O. The third-order valence-corrected chi connectivity index (χ3v) is 6.98. The van der Waals surface area contributed by atoms with Crippen LogP contribution in [0.1, 0.15) is 36.4 Å². The zero-order chi connectivity index (χ0) is 20.7. The zero-order valence-electron chi connectivity index (χ0n) is 17.0. The molecule has 3 heteroatoms. The fraction of sp³-hybridized carbons (Fsp3) is 0.259. The van der Waals surface area contributed by atoms with E-state index in [1.165, 1.54) is 0 Å². The molecule has 3 aromatic carbocycles. The van der Waals surface area contributed by atoms with E-state index in [1.54, 1.807) is 0 Å². The van der Waals surface area contributed by atoms with Crippen LogP contribution in [0.15, 0.2) is 84.9 Å². The molecule has 3 nitrogen and oxygen atoms in total. The SMILES string of the molecule is C[C@H](NC(=O)[C@]1(C#N)[C@@H]2C=C[C@@H](C2)[C@H]1c1ccccc1)c1cccc2ccccc12. The van der Waals surface area contributed by atoms with Crippen LogP contribution >= 0.6 is 0 Å². The summed E-state index contributed by atoms with van der Waals surface area (Å²) in [4.78, 5) is 13.7. The third kappa shape index (κ3) is 2.68. The van der Waals surface area contributed by atoms with Crippen LogP contribution in [-0.2, 0) is 4.79 Å². The topological polar surface area (TPSA) is 52.9 Å². The predicted molar refractivity (Wildman–Crippen MR) is 118 cm³/mol. The molecule has 1 N–H and O–H groups in total. The molecule has 0 saturated heterocycles. The second-order valence-electron chi connectivity index (χ2n) is 8.52. The number of carbonyl (C=O) groups excluding carboxylic acids is 1. The summed E-state index contributed by atoms with van der Waals surface area (Å²) in [6.45, 7) is 2.01. The highest BCUT2D eigenvalue weighted by molar-refractivity contribution is 5.90. The first-order chi connectivity index (χ1) is 14.6. The first kappa shape index (κ1) is 18.6. The minimum atomic E-state index is -1.07. The number of amides is 1. The first-order valence-corrected chi connectivity index (χ1v) is 10.6. The minimum absolute atomic E-state index is 0.0441. The molecule has 2 aliphatic rings. The Labute approximate surface area is 177 Å². The van der Waals surface area contributed by atoms with Crippen molar-refractivity contribution >= 4 is 16.7 Å². The standard InChI is InChI=1S/C27H24N2O/c1-18(23-13-7-11-19-8-5-6-12-24(19)23)29-26(30)27(17-28)22-15-14-21(16-22)25(27)20-9-3-2-4-10-20/h2-15,18,21-22,25H,16H2,1H3,(H,29,30)/t18-,21-,22+,25+,27+/m0/s1. The quantitative estimate of drug-likeness (QED) is 0.595. The van der Waals surface area contributed by atoms with E-state index in [9.17, 15) is 10.1 Å². The van der Waals surface area contributed by atoms with E-state index in [-0.39, 0.29) is 29.7 Å². The van der Waals surface area contributed by atoms with Crippen molar-refractivity contribution in [3.8, 4) is 6.07 Å². The van der Waals surface area contributed by atoms with E-state index < -0.39 is 5.41 Å². The number of carbonyl (C=O) groups is 1. The van der Waals surface area contributed by atoms with E-state index in [1.807, 2.05) is 55.5 Å². The largest absolute Gasteiger partial charge is 0.348 e. The Morgan fingerprint density at radius 1 is 1.03 bits per heavy atom. The van der Waals surface area contributed by atoms with Crippen molar-refractivity contribution in [2.24, 2.45) is 17.3 Å². The lowest BCUT2D eigenvalue weighted by atomic mass is 9.66. The Hall–Kier alpha value is -3.38. The summed E-state index contributed by atoms with van der Waals surface area (Å²) >= 11 is 0. The third-order valence-electron chi connectivity index (χ3n) is 6.98. The number of nitriles is 1. The van der Waals surface area contributed by atoms with Gasteiger partial charge in [0.15, 0.2) is 0 Å². The van der Waals surface area contributed by atoms with E-state index in [0.717, 1.165) is 28.3 Å². The normalized spacial score (nSPS) is 27.7. The fourth-order valence-corrected chi connectivity index (χ4v) is 5.59. The maximum absolute atomic E-state index is 13.7. The van der Waals surface area contributed by atoms with Crippen LogP contribution in [0.2, 0.25) is 0 Å². The van der Waals surface area contributed by atoms with Gasteiger partial charge < -0.3 is 5.32 Å². The number of allylic oxidation sites excluding steroid dienone is 2. The van der Waals surface area contributed by atoms with Gasteiger partial charge in [0.05, 0.1) is 12.1 Å². The molecule has 1 amide bonds. The van der Waals surface area contributed by atoms with Crippen LogP contribution in [0.3, 0.4) is 0 Å².